The van der Waals surface area contributed by atoms with Gasteiger partial charge in [0.25, 0.3) is 5.91 Å². The molecule has 2 aromatic rings. The number of hydrogen-bond donors (Lipinski definition) is 1. The minimum atomic E-state index is -0.859. The minimum Gasteiger partial charge on any atom is -0.481 e. The topological polar surface area (TPSA) is 83.6 Å². The fourth-order valence-electron chi connectivity index (χ4n) is 2.64. The largest absolute Gasteiger partial charge is 0.481 e. The number of likely N-dealkylation sites (tertiary alicyclic amines) is 1. The highest BCUT2D eigenvalue weighted by molar-refractivity contribution is 5.93. The first-order valence-electron chi connectivity index (χ1n) is 7.19. The fourth-order valence-corrected chi connectivity index (χ4v) is 2.64. The molecule has 3 rings (SSSR count). The van der Waals surface area contributed by atoms with Gasteiger partial charge in [-0.1, -0.05) is 35.5 Å². The van der Waals surface area contributed by atoms with Crippen molar-refractivity contribution in [2.45, 2.75) is 12.8 Å². The van der Waals surface area contributed by atoms with Crippen molar-refractivity contribution < 1.29 is 19.2 Å². The van der Waals surface area contributed by atoms with Gasteiger partial charge in [-0.15, -0.1) is 0 Å². The van der Waals surface area contributed by atoms with E-state index in [9.17, 15) is 9.59 Å². The molecule has 2 heterocycles. The van der Waals surface area contributed by atoms with Crippen molar-refractivity contribution in [2.75, 3.05) is 13.1 Å². The van der Waals surface area contributed by atoms with Crippen molar-refractivity contribution in [3.05, 3.63) is 42.1 Å². The maximum absolute atomic E-state index is 12.4. The van der Waals surface area contributed by atoms with E-state index in [1.807, 2.05) is 30.3 Å². The van der Waals surface area contributed by atoms with Gasteiger partial charge in [-0.2, -0.15) is 0 Å². The highest BCUT2D eigenvalue weighted by Crippen LogP contribution is 2.22. The van der Waals surface area contributed by atoms with Gasteiger partial charge in [0.05, 0.1) is 5.92 Å². The van der Waals surface area contributed by atoms with Crippen molar-refractivity contribution >= 4 is 11.9 Å². The summed E-state index contributed by atoms with van der Waals surface area (Å²) in [5.74, 6) is -1.12. The second-order valence-electron chi connectivity index (χ2n) is 5.37. The van der Waals surface area contributed by atoms with Gasteiger partial charge in [0.15, 0.2) is 11.5 Å². The van der Waals surface area contributed by atoms with Crippen LogP contribution in [0.3, 0.4) is 0 Å². The molecule has 6 nitrogen and oxygen atoms in total. The highest BCUT2D eigenvalue weighted by atomic mass is 16.5. The summed E-state index contributed by atoms with van der Waals surface area (Å²) in [6.07, 6.45) is 1.29. The monoisotopic (exact) mass is 300 g/mol. The molecule has 0 unspecified atom stereocenters. The van der Waals surface area contributed by atoms with Crippen LogP contribution in [0.5, 0.6) is 0 Å². The summed E-state index contributed by atoms with van der Waals surface area (Å²) >= 11 is 0. The smallest absolute Gasteiger partial charge is 0.308 e. The van der Waals surface area contributed by atoms with Gasteiger partial charge in [-0.25, -0.2) is 0 Å². The Labute approximate surface area is 127 Å². The number of nitrogens with zero attached hydrogens (tertiary/aromatic N) is 2. The first-order chi connectivity index (χ1) is 10.6. The molecule has 6 heteroatoms. The van der Waals surface area contributed by atoms with Crippen LogP contribution in [0.2, 0.25) is 0 Å². The van der Waals surface area contributed by atoms with Gasteiger partial charge < -0.3 is 14.5 Å². The van der Waals surface area contributed by atoms with Gasteiger partial charge in [-0.05, 0) is 12.8 Å². The second-order valence-corrected chi connectivity index (χ2v) is 5.37. The van der Waals surface area contributed by atoms with E-state index in [4.69, 9.17) is 9.63 Å². The zero-order chi connectivity index (χ0) is 15.5. The summed E-state index contributed by atoms with van der Waals surface area (Å²) in [6, 6.07) is 11.0. The Hall–Kier alpha value is -2.63. The first-order valence-corrected chi connectivity index (χ1v) is 7.19. The molecular weight excluding hydrogens is 284 g/mol. The number of piperidine rings is 1. The van der Waals surface area contributed by atoms with E-state index < -0.39 is 11.9 Å². The number of rotatable bonds is 3. The Bertz CT molecular complexity index is 680. The molecule has 1 aliphatic heterocycles. The van der Waals surface area contributed by atoms with Crippen molar-refractivity contribution in [1.82, 2.24) is 10.1 Å². The molecule has 0 aliphatic carbocycles. The standard InChI is InChI=1S/C16H16N2O4/c19-15(18-8-4-7-12(10-18)16(20)21)13-9-14(22-17-13)11-5-2-1-3-6-11/h1-3,5-6,9,12H,4,7-8,10H2,(H,20,21)/t12-/m0/s1. The number of aromatic nitrogens is 1. The molecular formula is C16H16N2O4. The van der Waals surface area contributed by atoms with Gasteiger partial charge in [-0.3, -0.25) is 9.59 Å². The minimum absolute atomic E-state index is 0.213. The molecule has 1 fully saturated rings. The number of carbonyl (C=O) groups excluding carboxylic acids is 1. The van der Waals surface area contributed by atoms with Crippen molar-refractivity contribution in [3.8, 4) is 11.3 Å². The van der Waals surface area contributed by atoms with E-state index >= 15 is 0 Å². The van der Waals surface area contributed by atoms with E-state index in [0.717, 1.165) is 5.56 Å². The first kappa shape index (κ1) is 14.3. The maximum Gasteiger partial charge on any atom is 0.308 e. The molecule has 114 valence electrons. The lowest BCUT2D eigenvalue weighted by atomic mass is 9.98. The van der Waals surface area contributed by atoms with E-state index in [0.29, 0.717) is 25.1 Å². The van der Waals surface area contributed by atoms with Crippen molar-refractivity contribution in [1.29, 1.82) is 0 Å². The molecule has 1 N–H and O–H groups in total. The Balaban J connectivity index is 1.76. The Morgan fingerprint density at radius 3 is 2.77 bits per heavy atom. The predicted octanol–water partition coefficient (Wildman–Crippen LogP) is 2.28. The van der Waals surface area contributed by atoms with Crippen molar-refractivity contribution in [3.63, 3.8) is 0 Å². The molecule has 0 spiro atoms. The van der Waals surface area contributed by atoms with Crippen LogP contribution in [0, 0.1) is 5.92 Å². The van der Waals surface area contributed by atoms with Crippen LogP contribution in [-0.4, -0.2) is 40.1 Å². The molecule has 1 amide bonds. The molecule has 1 aromatic heterocycles. The summed E-state index contributed by atoms with van der Waals surface area (Å²) < 4.78 is 5.22. The Kier molecular flexibility index (Phi) is 3.91. The average Bonchev–Trinajstić information content (AvgIpc) is 3.05. The number of benzene rings is 1. The van der Waals surface area contributed by atoms with Crippen LogP contribution < -0.4 is 0 Å². The van der Waals surface area contributed by atoms with Gasteiger partial charge in [0, 0.05) is 24.7 Å². The summed E-state index contributed by atoms with van der Waals surface area (Å²) in [5.41, 5.74) is 1.06. The van der Waals surface area contributed by atoms with Crippen LogP contribution in [0.15, 0.2) is 40.9 Å². The molecule has 0 saturated carbocycles. The molecule has 0 radical (unpaired) electrons. The number of amides is 1. The predicted molar refractivity (Wildman–Crippen MR) is 78.2 cm³/mol. The normalized spacial score (nSPS) is 18.2. The summed E-state index contributed by atoms with van der Waals surface area (Å²) in [7, 11) is 0. The Morgan fingerprint density at radius 2 is 2.05 bits per heavy atom. The van der Waals surface area contributed by atoms with E-state index in [2.05, 4.69) is 5.16 Å². The average molecular weight is 300 g/mol. The highest BCUT2D eigenvalue weighted by Gasteiger charge is 2.30. The quantitative estimate of drug-likeness (QED) is 0.940. The number of hydrogen-bond acceptors (Lipinski definition) is 4. The molecule has 1 atom stereocenters. The van der Waals surface area contributed by atoms with Gasteiger partial charge in [0.1, 0.15) is 0 Å². The molecule has 1 aliphatic rings. The van der Waals surface area contributed by atoms with Gasteiger partial charge >= 0.3 is 5.97 Å². The zero-order valence-electron chi connectivity index (χ0n) is 11.9. The number of aliphatic carboxylic acids is 1. The fraction of sp³-hybridized carbons (Fsp3) is 0.312. The zero-order valence-corrected chi connectivity index (χ0v) is 11.9. The lowest BCUT2D eigenvalue weighted by molar-refractivity contribution is -0.143. The van der Waals surface area contributed by atoms with E-state index in [1.165, 1.54) is 4.90 Å². The maximum atomic E-state index is 12.4. The third-order valence-electron chi connectivity index (χ3n) is 3.85. The van der Waals surface area contributed by atoms with Crippen LogP contribution >= 0.6 is 0 Å². The number of carboxylic acid groups (broad SMARTS) is 1. The van der Waals surface area contributed by atoms with E-state index in [1.54, 1.807) is 6.07 Å². The van der Waals surface area contributed by atoms with Crippen LogP contribution in [-0.2, 0) is 4.79 Å². The third kappa shape index (κ3) is 2.86. The second kappa shape index (κ2) is 6.01. The van der Waals surface area contributed by atoms with Crippen molar-refractivity contribution in [2.24, 2.45) is 5.92 Å². The van der Waals surface area contributed by atoms with Crippen LogP contribution in [0.4, 0.5) is 0 Å². The number of carboxylic acids is 1. The molecule has 1 aromatic carbocycles. The molecule has 0 bridgehead atoms. The van der Waals surface area contributed by atoms with Crippen LogP contribution in [0.25, 0.3) is 11.3 Å². The lowest BCUT2D eigenvalue weighted by Gasteiger charge is -2.29. The molecule has 1 saturated heterocycles. The summed E-state index contributed by atoms with van der Waals surface area (Å²) in [4.78, 5) is 25.0. The third-order valence-corrected chi connectivity index (χ3v) is 3.85. The Morgan fingerprint density at radius 1 is 1.27 bits per heavy atom. The summed E-state index contributed by atoms with van der Waals surface area (Å²) in [5, 5.41) is 12.9. The lowest BCUT2D eigenvalue weighted by Crippen LogP contribution is -2.42. The number of carbonyl (C=O) groups is 2. The summed E-state index contributed by atoms with van der Waals surface area (Å²) in [6.45, 7) is 0.776. The van der Waals surface area contributed by atoms with Crippen LogP contribution in [0.1, 0.15) is 23.3 Å². The molecule has 22 heavy (non-hydrogen) atoms. The SMILES string of the molecule is O=C(O)[C@H]1CCCN(C(=O)c2cc(-c3ccccc3)on2)C1. The van der Waals surface area contributed by atoms with E-state index in [-0.39, 0.29) is 18.1 Å². The van der Waals surface area contributed by atoms with Gasteiger partial charge in [0.2, 0.25) is 0 Å².